The first-order valence-corrected chi connectivity index (χ1v) is 6.18. The quantitative estimate of drug-likeness (QED) is 0.775. The molecule has 3 amide bonds. The van der Waals surface area contributed by atoms with E-state index in [9.17, 15) is 14.4 Å². The first-order valence-electron chi connectivity index (χ1n) is 6.18. The molecule has 2 aliphatic heterocycles. The number of urea groups is 1. The summed E-state index contributed by atoms with van der Waals surface area (Å²) < 4.78 is 10.4. The summed E-state index contributed by atoms with van der Waals surface area (Å²) in [5, 5.41) is 11.3. The molecule has 2 N–H and O–H groups in total. The Morgan fingerprint density at radius 1 is 1.38 bits per heavy atom. The van der Waals surface area contributed by atoms with Gasteiger partial charge in [0, 0.05) is 0 Å². The number of fused-ring (bicyclic) bond motifs is 1. The molecule has 1 aromatic rings. The number of hydrogen-bond donors (Lipinski definition) is 2. The van der Waals surface area contributed by atoms with E-state index in [1.807, 2.05) is 0 Å². The maximum atomic E-state index is 12.4. The van der Waals surface area contributed by atoms with Crippen LogP contribution in [0.1, 0.15) is 12.5 Å². The summed E-state index contributed by atoms with van der Waals surface area (Å²) in [6.45, 7) is 0.943. The van der Waals surface area contributed by atoms with Gasteiger partial charge in [-0.3, -0.25) is 14.5 Å². The molecule has 21 heavy (non-hydrogen) atoms. The molecule has 2 aliphatic rings. The summed E-state index contributed by atoms with van der Waals surface area (Å²) in [7, 11) is 0. The van der Waals surface area contributed by atoms with Crippen LogP contribution in [0, 0.1) is 0 Å². The van der Waals surface area contributed by atoms with E-state index in [0.29, 0.717) is 22.0 Å². The van der Waals surface area contributed by atoms with E-state index in [2.05, 4.69) is 5.32 Å². The smallest absolute Gasteiger partial charge is 0.325 e. The molecule has 3 rings (SSSR count). The molecule has 0 aliphatic carbocycles. The van der Waals surface area contributed by atoms with Crippen LogP contribution in [0.4, 0.5) is 4.79 Å². The molecule has 1 fully saturated rings. The minimum absolute atomic E-state index is 0.0982. The zero-order valence-electron chi connectivity index (χ0n) is 11.1. The number of nitrogens with one attached hydrogen (secondary N) is 1. The van der Waals surface area contributed by atoms with Crippen LogP contribution >= 0.6 is 0 Å². The van der Waals surface area contributed by atoms with Crippen LogP contribution in [0.15, 0.2) is 18.2 Å². The van der Waals surface area contributed by atoms with Crippen molar-refractivity contribution < 1.29 is 29.0 Å². The second-order valence-corrected chi connectivity index (χ2v) is 4.91. The number of carbonyl (C=O) groups excluding carboxylic acids is 2. The van der Waals surface area contributed by atoms with Crippen LogP contribution in [0.5, 0.6) is 11.5 Å². The highest BCUT2D eigenvalue weighted by Gasteiger charge is 2.49. The number of nitrogens with zero attached hydrogens (tertiary/aromatic N) is 1. The van der Waals surface area contributed by atoms with Gasteiger partial charge in [0.05, 0.1) is 0 Å². The largest absolute Gasteiger partial charge is 0.480 e. The van der Waals surface area contributed by atoms with Gasteiger partial charge in [0.1, 0.15) is 12.1 Å². The summed E-state index contributed by atoms with van der Waals surface area (Å²) in [6.07, 6.45) is 0. The number of hydrogen-bond acceptors (Lipinski definition) is 5. The topological polar surface area (TPSA) is 105 Å². The van der Waals surface area contributed by atoms with E-state index in [1.165, 1.54) is 6.92 Å². The monoisotopic (exact) mass is 292 g/mol. The molecule has 0 radical (unpaired) electrons. The highest BCUT2D eigenvalue weighted by atomic mass is 16.7. The zero-order valence-corrected chi connectivity index (χ0v) is 11.1. The lowest BCUT2D eigenvalue weighted by Gasteiger charge is -2.22. The predicted molar refractivity (Wildman–Crippen MR) is 67.8 cm³/mol. The van der Waals surface area contributed by atoms with E-state index < -0.39 is 30.0 Å². The van der Waals surface area contributed by atoms with Crippen LogP contribution in [-0.4, -0.2) is 41.3 Å². The summed E-state index contributed by atoms with van der Waals surface area (Å²) in [5.41, 5.74) is -0.828. The molecule has 8 nitrogen and oxygen atoms in total. The first-order chi connectivity index (χ1) is 9.91. The molecule has 0 unspecified atom stereocenters. The molecule has 1 saturated heterocycles. The van der Waals surface area contributed by atoms with E-state index in [-0.39, 0.29) is 6.79 Å². The van der Waals surface area contributed by atoms with Crippen LogP contribution < -0.4 is 14.8 Å². The number of ether oxygens (including phenoxy) is 2. The molecule has 1 aromatic carbocycles. The number of carboxylic acid groups (broad SMARTS) is 1. The maximum Gasteiger partial charge on any atom is 0.325 e. The number of amides is 3. The third-order valence-corrected chi connectivity index (χ3v) is 3.52. The predicted octanol–water partition coefficient (Wildman–Crippen LogP) is 0.267. The Labute approximate surface area is 119 Å². The maximum absolute atomic E-state index is 12.4. The zero-order chi connectivity index (χ0) is 15.2. The van der Waals surface area contributed by atoms with Gasteiger partial charge in [-0.1, -0.05) is 6.07 Å². The molecule has 8 heteroatoms. The van der Waals surface area contributed by atoms with Crippen LogP contribution in [0.2, 0.25) is 0 Å². The SMILES string of the molecule is C[C@@]1(c2ccc3c(c2)OCO3)NC(=O)N(CC(=O)O)C1=O. The van der Waals surface area contributed by atoms with Crippen LogP contribution in [0.3, 0.4) is 0 Å². The number of benzene rings is 1. The second-order valence-electron chi connectivity index (χ2n) is 4.91. The van der Waals surface area contributed by atoms with Crippen molar-refractivity contribution in [3.63, 3.8) is 0 Å². The van der Waals surface area contributed by atoms with Gasteiger partial charge in [-0.05, 0) is 24.6 Å². The van der Waals surface area contributed by atoms with Crippen molar-refractivity contribution in [2.24, 2.45) is 0 Å². The van der Waals surface area contributed by atoms with Crippen molar-refractivity contribution in [2.75, 3.05) is 13.3 Å². The van der Waals surface area contributed by atoms with Gasteiger partial charge < -0.3 is 19.9 Å². The summed E-state index contributed by atoms with van der Waals surface area (Å²) >= 11 is 0. The van der Waals surface area contributed by atoms with Gasteiger partial charge in [-0.2, -0.15) is 0 Å². The minimum Gasteiger partial charge on any atom is -0.480 e. The second kappa shape index (κ2) is 4.37. The number of imide groups is 1. The Morgan fingerprint density at radius 3 is 2.81 bits per heavy atom. The molecular weight excluding hydrogens is 280 g/mol. The van der Waals surface area contributed by atoms with Crippen LogP contribution in [-0.2, 0) is 15.1 Å². The van der Waals surface area contributed by atoms with Gasteiger partial charge >= 0.3 is 12.0 Å². The number of rotatable bonds is 3. The van der Waals surface area contributed by atoms with E-state index in [0.717, 1.165) is 0 Å². The lowest BCUT2D eigenvalue weighted by atomic mass is 9.91. The molecule has 1 atom stereocenters. The molecule has 110 valence electrons. The summed E-state index contributed by atoms with van der Waals surface area (Å²) in [4.78, 5) is 35.6. The molecule has 0 spiro atoms. The fourth-order valence-electron chi connectivity index (χ4n) is 2.38. The van der Waals surface area contributed by atoms with Gasteiger partial charge in [0.25, 0.3) is 5.91 Å². The Kier molecular flexibility index (Phi) is 2.75. The fraction of sp³-hybridized carbons (Fsp3) is 0.308. The lowest BCUT2D eigenvalue weighted by Crippen LogP contribution is -2.41. The highest BCUT2D eigenvalue weighted by molar-refractivity contribution is 6.08. The van der Waals surface area contributed by atoms with E-state index in [1.54, 1.807) is 18.2 Å². The van der Waals surface area contributed by atoms with Crippen molar-refractivity contribution in [2.45, 2.75) is 12.5 Å². The van der Waals surface area contributed by atoms with Crippen molar-refractivity contribution in [3.05, 3.63) is 23.8 Å². The number of aliphatic carboxylic acids is 1. The third-order valence-electron chi connectivity index (χ3n) is 3.52. The van der Waals surface area contributed by atoms with Gasteiger partial charge in [-0.25, -0.2) is 4.79 Å². The summed E-state index contributed by atoms with van der Waals surface area (Å²) in [6, 6.07) is 4.14. The lowest BCUT2D eigenvalue weighted by molar-refractivity contribution is -0.142. The first kappa shape index (κ1) is 13.2. The van der Waals surface area contributed by atoms with Crippen molar-refractivity contribution in [1.82, 2.24) is 10.2 Å². The van der Waals surface area contributed by atoms with Crippen molar-refractivity contribution in [1.29, 1.82) is 0 Å². The Hall–Kier alpha value is -2.77. The van der Waals surface area contributed by atoms with Gasteiger partial charge in [0.15, 0.2) is 11.5 Å². The van der Waals surface area contributed by atoms with Crippen molar-refractivity contribution >= 4 is 17.9 Å². The van der Waals surface area contributed by atoms with Gasteiger partial charge in [0.2, 0.25) is 6.79 Å². The highest BCUT2D eigenvalue weighted by Crippen LogP contribution is 2.37. The molecule has 2 heterocycles. The van der Waals surface area contributed by atoms with Crippen molar-refractivity contribution in [3.8, 4) is 11.5 Å². The average Bonchev–Trinajstić information content (AvgIpc) is 2.97. The van der Waals surface area contributed by atoms with E-state index in [4.69, 9.17) is 14.6 Å². The molecular formula is C13H12N2O6. The molecule has 0 aromatic heterocycles. The molecule has 0 bridgehead atoms. The van der Waals surface area contributed by atoms with E-state index >= 15 is 0 Å². The standard InChI is InChI=1S/C13H12N2O6/c1-13(7-2-3-8-9(4-7)21-6-20-8)11(18)15(5-10(16)17)12(19)14-13/h2-4H,5-6H2,1H3,(H,14,19)(H,16,17)/t13-/m0/s1. The third kappa shape index (κ3) is 1.95. The Bertz CT molecular complexity index is 658. The Morgan fingerprint density at radius 2 is 2.10 bits per heavy atom. The summed E-state index contributed by atoms with van der Waals surface area (Å²) in [5.74, 6) is -0.837. The Balaban J connectivity index is 1.96. The molecule has 0 saturated carbocycles. The fourth-order valence-corrected chi connectivity index (χ4v) is 2.38. The number of carbonyl (C=O) groups is 3. The van der Waals surface area contributed by atoms with Crippen LogP contribution in [0.25, 0.3) is 0 Å². The van der Waals surface area contributed by atoms with Gasteiger partial charge in [-0.15, -0.1) is 0 Å². The minimum atomic E-state index is -1.33. The average molecular weight is 292 g/mol. The number of carboxylic acids is 1. The normalized spacial score (nSPS) is 23.4.